The van der Waals surface area contributed by atoms with Crippen LogP contribution in [0.1, 0.15) is 189 Å². The molecule has 6 bridgehead atoms. The molecule has 25 nitrogen and oxygen atoms in total. The summed E-state index contributed by atoms with van der Waals surface area (Å²) in [5.74, 6) is -13.4. The quantitative estimate of drug-likeness (QED) is 0.120. The van der Waals surface area contributed by atoms with E-state index in [1.165, 1.54) is 83.6 Å². The van der Waals surface area contributed by atoms with Crippen LogP contribution < -0.4 is 16.0 Å². The number of ether oxygens (including phenoxy) is 1. The lowest BCUT2D eigenvalue weighted by atomic mass is 9.58. The van der Waals surface area contributed by atoms with Crippen LogP contribution in [-0.2, 0) is 62.3 Å². The minimum absolute atomic E-state index is 0.0132. The molecular weight excluding hydrogens is 1410 g/mol. The number of alkyl halides is 5. The van der Waals surface area contributed by atoms with Gasteiger partial charge >= 0.3 is 6.18 Å². The Morgan fingerprint density at radius 2 is 1.29 bits per heavy atom. The number of halogens is 5. The zero-order valence-corrected chi connectivity index (χ0v) is 65.9. The number of carbonyl (C=O) groups excluding carboxylic acids is 12. The largest absolute Gasteiger partial charge is 0.397 e. The summed E-state index contributed by atoms with van der Waals surface area (Å²) in [5, 5.41) is 8.73. The zero-order chi connectivity index (χ0) is 79.6. The summed E-state index contributed by atoms with van der Waals surface area (Å²) in [7, 11) is 10.0. The van der Waals surface area contributed by atoms with Crippen LogP contribution in [0.4, 0.5) is 22.0 Å². The van der Waals surface area contributed by atoms with E-state index in [1.807, 2.05) is 32.9 Å². The molecule has 606 valence electrons. The van der Waals surface area contributed by atoms with Crippen molar-refractivity contribution >= 4 is 70.9 Å². The number of allylic oxidation sites excluding steroid dienone is 2. The molecule has 5 fully saturated rings. The topological polar surface area (TPSA) is 279 Å². The highest BCUT2D eigenvalue weighted by Gasteiger charge is 2.60. The molecule has 1 spiro atoms. The number of amides is 12. The third-order valence-corrected chi connectivity index (χ3v) is 24.8. The summed E-state index contributed by atoms with van der Waals surface area (Å²) < 4.78 is 79.3. The number of nitrogens with one attached hydrogen (secondary N) is 3. The Kier molecular flexibility index (Phi) is 29.7. The van der Waals surface area contributed by atoms with E-state index in [2.05, 4.69) is 22.0 Å². The van der Waals surface area contributed by atoms with E-state index in [-0.39, 0.29) is 83.0 Å². The number of hydrogen-bond donors (Lipinski definition) is 3. The number of rotatable bonds is 10. The molecular formula is C78H121F5N12O13. The van der Waals surface area contributed by atoms with Gasteiger partial charge in [0.15, 0.2) is 0 Å². The van der Waals surface area contributed by atoms with Gasteiger partial charge < -0.3 is 64.8 Å². The first-order valence-corrected chi connectivity index (χ1v) is 39.5. The standard InChI is InChI=1S/C78H121F5N12O13/c1-14-47(4)65-73(105)89(9)44-63(98)91(11)57-29-21-18-24-36-94(72(57)104)60-39-49-32-30-48(31-33-49)25-19-17-20-28-56(67(99)85-65)90(10)62(97)41-59(70(102)87(7)15-2)92(12)74(106)66(51-26-22-23-27-51)93(13)75(107)77(45-76(5,6)46-77)86-68(100)58-40-52(108-16-3)42-95(58)69(101)55(84-61(96)43-88(8)71(60)103)35-34-50-37-53(79)64(54(80)38-50)78(81,82)83/h18-19,21,25,47-60,64-66H,14-17,20,22-24,26-46H2,1-13H3,(H,84,96)(H,85,99)(H,86,100)/b21-18-,25-19+/t47-,48?,49?,50?,52+,53?,54?,55-,56-,57-,58-,59-,60-,64?,65-,66-/m0/s1. The van der Waals surface area contributed by atoms with Crippen LogP contribution in [0.25, 0.3) is 0 Å². The number of hydrogen-bond acceptors (Lipinski definition) is 13. The van der Waals surface area contributed by atoms with Crippen molar-refractivity contribution in [3.05, 3.63) is 24.3 Å². The van der Waals surface area contributed by atoms with E-state index in [1.54, 1.807) is 26.8 Å². The van der Waals surface area contributed by atoms with Gasteiger partial charge in [0.05, 0.1) is 25.6 Å². The Morgan fingerprint density at radius 3 is 1.90 bits per heavy atom. The Bertz CT molecular complexity index is 3290. The Balaban J connectivity index is 1.26. The van der Waals surface area contributed by atoms with Crippen molar-refractivity contribution < 1.29 is 84.2 Å². The average molecular weight is 1530 g/mol. The van der Waals surface area contributed by atoms with Crippen LogP contribution >= 0.6 is 0 Å². The number of nitrogens with zero attached hydrogens (tertiary/aromatic N) is 9. The highest BCUT2D eigenvalue weighted by atomic mass is 19.4. The second kappa shape index (κ2) is 37.2. The summed E-state index contributed by atoms with van der Waals surface area (Å²) >= 11 is 0. The first kappa shape index (κ1) is 86.3. The van der Waals surface area contributed by atoms with Crippen LogP contribution in [0.5, 0.6) is 0 Å². The molecule has 4 aliphatic carbocycles. The minimum atomic E-state index is -5.18. The number of fused-ring (bicyclic) bond motifs is 22. The highest BCUT2D eigenvalue weighted by Crippen LogP contribution is 2.50. The summed E-state index contributed by atoms with van der Waals surface area (Å²) in [5.41, 5.74) is -2.28. The molecule has 2 unspecified atom stereocenters. The lowest BCUT2D eigenvalue weighted by Crippen LogP contribution is -2.71. The molecule has 3 N–H and O–H groups in total. The predicted molar refractivity (Wildman–Crippen MR) is 392 cm³/mol. The first-order chi connectivity index (χ1) is 50.9. The molecule has 0 aromatic rings. The normalized spacial score (nSPS) is 33.2. The van der Waals surface area contributed by atoms with Gasteiger partial charge in [0.1, 0.15) is 72.1 Å². The second-order valence-electron chi connectivity index (χ2n) is 33.2. The van der Waals surface area contributed by atoms with E-state index in [0.717, 1.165) is 9.80 Å². The Labute approximate surface area is 634 Å². The van der Waals surface area contributed by atoms with Gasteiger partial charge in [-0.1, -0.05) is 71.3 Å². The van der Waals surface area contributed by atoms with Crippen molar-refractivity contribution in [2.45, 2.75) is 268 Å². The first-order valence-electron chi connectivity index (χ1n) is 39.5. The van der Waals surface area contributed by atoms with Crippen LogP contribution in [0.2, 0.25) is 0 Å². The van der Waals surface area contributed by atoms with E-state index >= 15 is 47.1 Å². The maximum atomic E-state index is 15.9. The van der Waals surface area contributed by atoms with Gasteiger partial charge in [0.2, 0.25) is 70.9 Å². The van der Waals surface area contributed by atoms with Crippen LogP contribution in [0.3, 0.4) is 0 Å². The van der Waals surface area contributed by atoms with Crippen molar-refractivity contribution in [3.8, 4) is 0 Å². The summed E-state index contributed by atoms with van der Waals surface area (Å²) in [6, 6.07) is -10.7. The molecule has 108 heavy (non-hydrogen) atoms. The third kappa shape index (κ3) is 20.5. The summed E-state index contributed by atoms with van der Waals surface area (Å²) in [4.78, 5) is 195. The Hall–Kier alpha value is -7.27. The monoisotopic (exact) mass is 1530 g/mol. The summed E-state index contributed by atoms with van der Waals surface area (Å²) in [6.07, 6.45) is 0.606. The molecule has 6 heterocycles. The van der Waals surface area contributed by atoms with E-state index in [0.29, 0.717) is 77.0 Å². The fourth-order valence-electron chi connectivity index (χ4n) is 18.3. The van der Waals surface area contributed by atoms with Gasteiger partial charge in [-0.05, 0) is 164 Å². The molecule has 1 saturated heterocycles. The fraction of sp³-hybridized carbons (Fsp3) is 0.795. The summed E-state index contributed by atoms with van der Waals surface area (Å²) in [6.45, 7) is 9.60. The van der Waals surface area contributed by atoms with Crippen molar-refractivity contribution in [2.75, 3.05) is 88.7 Å². The van der Waals surface area contributed by atoms with Crippen molar-refractivity contribution in [1.29, 1.82) is 0 Å². The van der Waals surface area contributed by atoms with Gasteiger partial charge in [-0.25, -0.2) is 8.78 Å². The molecule has 12 amide bonds. The van der Waals surface area contributed by atoms with Crippen LogP contribution in [0.15, 0.2) is 24.3 Å². The zero-order valence-electron chi connectivity index (χ0n) is 65.9. The lowest BCUT2D eigenvalue weighted by molar-refractivity contribution is -0.219. The van der Waals surface area contributed by atoms with E-state index in [4.69, 9.17) is 4.74 Å². The Morgan fingerprint density at radius 1 is 0.648 bits per heavy atom. The molecule has 6 aliphatic heterocycles. The maximum Gasteiger partial charge on any atom is 0.397 e. The molecule has 10 aliphatic rings. The third-order valence-electron chi connectivity index (χ3n) is 24.8. The minimum Gasteiger partial charge on any atom is -0.377 e. The highest BCUT2D eigenvalue weighted by molar-refractivity contribution is 6.01. The van der Waals surface area contributed by atoms with Crippen LogP contribution in [0, 0.1) is 40.9 Å². The van der Waals surface area contributed by atoms with Crippen molar-refractivity contribution in [3.63, 3.8) is 0 Å². The van der Waals surface area contributed by atoms with Crippen molar-refractivity contribution in [2.24, 2.45) is 40.9 Å². The van der Waals surface area contributed by atoms with E-state index in [9.17, 15) is 32.3 Å². The van der Waals surface area contributed by atoms with Gasteiger partial charge in [-0.2, -0.15) is 13.2 Å². The molecule has 0 aromatic heterocycles. The van der Waals surface area contributed by atoms with Gasteiger partial charge in [-0.15, -0.1) is 0 Å². The fourth-order valence-corrected chi connectivity index (χ4v) is 18.3. The van der Waals surface area contributed by atoms with Crippen molar-refractivity contribution in [1.82, 2.24) is 60.0 Å². The molecule has 12 atom stereocenters. The second-order valence-corrected chi connectivity index (χ2v) is 33.2. The molecule has 10 rings (SSSR count). The average Bonchev–Trinajstić information content (AvgIpc) is 0.811. The number of likely N-dealkylation sites (N-methyl/N-ethyl adjacent to an activating group) is 7. The molecule has 0 aromatic carbocycles. The van der Waals surface area contributed by atoms with Gasteiger partial charge in [0.25, 0.3) is 0 Å². The molecule has 4 saturated carbocycles. The SMILES string of the molecule is CCO[C@@H]1C[C@H]2C(=O)NC3(CC(C)(C)C3)C(=O)N(C)[C@@H](C3CCCC3)C(=O)N(C)[C@H](C(=O)N(C)CC)CC(=O)N(C)[C@H]3CCC/C=C/C4CCC(CC4)C[C@@H](C(=O)N(C)CC(=O)N[C@@H](CCC4CC(F)C(C(F)(F)F)C(F)C4)C(=O)N2C1)N1CC/C=C\C[C@@H](C1=O)N(C)C(=O)CN(C)C(=O)[C@H]([C@@H](C)CC)NC3=O. The predicted octanol–water partition coefficient (Wildman–Crippen LogP) is 6.51. The lowest BCUT2D eigenvalue weighted by Gasteiger charge is -2.54. The maximum absolute atomic E-state index is 15.9. The number of carbonyl (C=O) groups is 12. The van der Waals surface area contributed by atoms with Gasteiger partial charge in [0, 0.05) is 82.0 Å². The van der Waals surface area contributed by atoms with Crippen LogP contribution in [-0.4, -0.2) is 282 Å². The smallest absolute Gasteiger partial charge is 0.377 e. The van der Waals surface area contributed by atoms with Gasteiger partial charge in [-0.3, -0.25) is 57.5 Å². The molecule has 30 heteroatoms. The van der Waals surface area contributed by atoms with E-state index < -0.39 is 217 Å². The molecule has 0 radical (unpaired) electrons.